The third-order valence-corrected chi connectivity index (χ3v) is 6.38. The van der Waals surface area contributed by atoms with E-state index in [1.807, 2.05) is 48.8 Å². The summed E-state index contributed by atoms with van der Waals surface area (Å²) >= 11 is 0. The lowest BCUT2D eigenvalue weighted by molar-refractivity contribution is 0.0984. The summed E-state index contributed by atoms with van der Waals surface area (Å²) in [6.45, 7) is 0. The minimum Gasteiger partial charge on any atom is -0.360 e. The quantitative estimate of drug-likeness (QED) is 0.360. The number of carbonyl (C=O) groups excluding carboxylic acids is 1. The van der Waals surface area contributed by atoms with E-state index in [1.54, 1.807) is 12.4 Å². The fourth-order valence-corrected chi connectivity index (χ4v) is 4.24. The third-order valence-electron chi connectivity index (χ3n) is 6.38. The van der Waals surface area contributed by atoms with Crippen molar-refractivity contribution in [3.05, 3.63) is 84.3 Å². The Labute approximate surface area is 189 Å². The summed E-state index contributed by atoms with van der Waals surface area (Å²) in [6, 6.07) is 13.9. The van der Waals surface area contributed by atoms with Crippen molar-refractivity contribution in [3.63, 3.8) is 0 Å². The molecule has 1 aromatic carbocycles. The molecule has 7 heteroatoms. The molecule has 0 atom stereocenters. The van der Waals surface area contributed by atoms with E-state index >= 15 is 0 Å². The molecular formula is C26H21N5O2. The topological polar surface area (TPSA) is 97.6 Å². The largest absolute Gasteiger partial charge is 0.360 e. The molecule has 6 rings (SSSR count). The second-order valence-corrected chi connectivity index (χ2v) is 8.49. The lowest BCUT2D eigenvalue weighted by atomic mass is 9.83. The minimum absolute atomic E-state index is 0.0254. The first-order valence-corrected chi connectivity index (χ1v) is 11.1. The van der Waals surface area contributed by atoms with Crippen molar-refractivity contribution in [2.75, 3.05) is 0 Å². The van der Waals surface area contributed by atoms with Gasteiger partial charge in [-0.1, -0.05) is 35.8 Å². The minimum atomic E-state index is -0.0254. The van der Waals surface area contributed by atoms with Crippen LogP contribution in [0.4, 0.5) is 0 Å². The molecule has 1 aliphatic carbocycles. The van der Waals surface area contributed by atoms with Crippen LogP contribution < -0.4 is 0 Å². The maximum absolute atomic E-state index is 12.7. The van der Waals surface area contributed by atoms with Crippen LogP contribution in [-0.4, -0.2) is 31.1 Å². The smallest absolute Gasteiger partial charge is 0.189 e. The zero-order chi connectivity index (χ0) is 22.2. The molecule has 1 aliphatic rings. The van der Waals surface area contributed by atoms with E-state index in [-0.39, 0.29) is 5.78 Å². The summed E-state index contributed by atoms with van der Waals surface area (Å²) in [5, 5.41) is 11.9. The first kappa shape index (κ1) is 19.5. The number of fused-ring (bicyclic) bond motifs is 1. The van der Waals surface area contributed by atoms with E-state index in [0.29, 0.717) is 18.0 Å². The molecule has 0 amide bonds. The Balaban J connectivity index is 1.21. The number of benzene rings is 1. The van der Waals surface area contributed by atoms with E-state index in [9.17, 15) is 4.79 Å². The molecule has 162 valence electrons. The monoisotopic (exact) mass is 435 g/mol. The highest BCUT2D eigenvalue weighted by Crippen LogP contribution is 2.36. The van der Waals surface area contributed by atoms with Crippen LogP contribution in [0.3, 0.4) is 0 Å². The van der Waals surface area contributed by atoms with Gasteiger partial charge in [0, 0.05) is 53.5 Å². The van der Waals surface area contributed by atoms with Crippen LogP contribution in [0.15, 0.2) is 71.8 Å². The highest BCUT2D eigenvalue weighted by Gasteiger charge is 2.25. The first-order chi connectivity index (χ1) is 16.2. The highest BCUT2D eigenvalue weighted by atomic mass is 16.5. The van der Waals surface area contributed by atoms with Gasteiger partial charge in [-0.05, 0) is 41.7 Å². The predicted molar refractivity (Wildman–Crippen MR) is 124 cm³/mol. The number of nitrogens with zero attached hydrogens (tertiary/aromatic N) is 4. The number of rotatable bonds is 6. The maximum atomic E-state index is 12.7. The summed E-state index contributed by atoms with van der Waals surface area (Å²) in [6.07, 6.45) is 11.0. The number of ketones is 1. The molecular weight excluding hydrogens is 414 g/mol. The Morgan fingerprint density at radius 2 is 1.85 bits per heavy atom. The van der Waals surface area contributed by atoms with Crippen LogP contribution in [0.2, 0.25) is 0 Å². The number of pyridine rings is 2. The number of H-pyrrole nitrogens is 1. The normalized spacial score (nSPS) is 13.8. The van der Waals surface area contributed by atoms with Crippen molar-refractivity contribution in [1.29, 1.82) is 0 Å². The van der Waals surface area contributed by atoms with Crippen LogP contribution >= 0.6 is 0 Å². The number of nitrogens with one attached hydrogen (secondary N) is 1. The number of aromatic amines is 1. The standard InChI is InChI=1S/C26H21N5O2/c32-24(23-12-25(33-31-23)18-2-1-3-18)10-16-4-6-17(7-5-16)19-11-20(14-27-13-19)21-8-9-28-26-22(21)15-29-30-26/h4-9,11-15,18H,1-3,10H2,(H,28,29,30). The summed E-state index contributed by atoms with van der Waals surface area (Å²) in [7, 11) is 0. The van der Waals surface area contributed by atoms with E-state index in [4.69, 9.17) is 4.52 Å². The third kappa shape index (κ3) is 3.71. The molecule has 33 heavy (non-hydrogen) atoms. The van der Waals surface area contributed by atoms with Crippen molar-refractivity contribution < 1.29 is 9.32 Å². The van der Waals surface area contributed by atoms with Gasteiger partial charge in [0.25, 0.3) is 0 Å². The summed E-state index contributed by atoms with van der Waals surface area (Å²) in [5.41, 5.74) is 6.16. The molecule has 1 fully saturated rings. The average molecular weight is 435 g/mol. The predicted octanol–water partition coefficient (Wildman–Crippen LogP) is 5.37. The summed E-state index contributed by atoms with van der Waals surface area (Å²) < 4.78 is 5.39. The first-order valence-electron chi connectivity index (χ1n) is 11.1. The molecule has 4 aromatic heterocycles. The van der Waals surface area contributed by atoms with Crippen LogP contribution in [0, 0.1) is 0 Å². The highest BCUT2D eigenvalue weighted by molar-refractivity contribution is 5.96. The molecule has 1 saturated carbocycles. The lowest BCUT2D eigenvalue weighted by Gasteiger charge is -2.21. The zero-order valence-electron chi connectivity index (χ0n) is 17.9. The number of aromatic nitrogens is 5. The average Bonchev–Trinajstić information content (AvgIpc) is 3.48. The fourth-order valence-electron chi connectivity index (χ4n) is 4.24. The van der Waals surface area contributed by atoms with Gasteiger partial charge in [0.05, 0.1) is 6.20 Å². The van der Waals surface area contributed by atoms with Gasteiger partial charge in [-0.3, -0.25) is 14.9 Å². The molecule has 0 aliphatic heterocycles. The van der Waals surface area contributed by atoms with Gasteiger partial charge >= 0.3 is 0 Å². The second kappa shape index (κ2) is 8.09. The van der Waals surface area contributed by atoms with E-state index in [0.717, 1.165) is 57.5 Å². The Bertz CT molecular complexity index is 1450. The Morgan fingerprint density at radius 3 is 2.67 bits per heavy atom. The molecule has 5 aromatic rings. The van der Waals surface area contributed by atoms with Crippen molar-refractivity contribution >= 4 is 16.8 Å². The van der Waals surface area contributed by atoms with Crippen LogP contribution in [-0.2, 0) is 6.42 Å². The Kier molecular flexibility index (Phi) is 4.79. The Hall–Kier alpha value is -4.13. The molecule has 0 bridgehead atoms. The van der Waals surface area contributed by atoms with Crippen molar-refractivity contribution in [3.8, 4) is 22.3 Å². The molecule has 0 saturated heterocycles. The SMILES string of the molecule is O=C(Cc1ccc(-c2cncc(-c3ccnc4[nH]ncc34)c2)cc1)c1cc(C2CCC2)on1. The van der Waals surface area contributed by atoms with Gasteiger partial charge in [-0.25, -0.2) is 4.98 Å². The number of hydrogen-bond acceptors (Lipinski definition) is 6. The Morgan fingerprint density at radius 1 is 1.00 bits per heavy atom. The molecule has 0 spiro atoms. The maximum Gasteiger partial charge on any atom is 0.189 e. The van der Waals surface area contributed by atoms with Crippen molar-refractivity contribution in [2.45, 2.75) is 31.6 Å². The second-order valence-electron chi connectivity index (χ2n) is 8.49. The van der Waals surface area contributed by atoms with Crippen molar-refractivity contribution in [2.24, 2.45) is 0 Å². The van der Waals surface area contributed by atoms with Crippen LogP contribution in [0.5, 0.6) is 0 Å². The van der Waals surface area contributed by atoms with E-state index in [1.165, 1.54) is 6.42 Å². The molecule has 0 radical (unpaired) electrons. The number of carbonyl (C=O) groups is 1. The van der Waals surface area contributed by atoms with Gasteiger partial charge < -0.3 is 4.52 Å². The number of hydrogen-bond donors (Lipinski definition) is 1. The van der Waals surface area contributed by atoms with Gasteiger partial charge in [0.1, 0.15) is 11.5 Å². The zero-order valence-corrected chi connectivity index (χ0v) is 17.9. The van der Waals surface area contributed by atoms with E-state index in [2.05, 4.69) is 31.4 Å². The van der Waals surface area contributed by atoms with E-state index < -0.39 is 0 Å². The van der Waals surface area contributed by atoms with Crippen molar-refractivity contribution in [1.82, 2.24) is 25.3 Å². The van der Waals surface area contributed by atoms with Gasteiger partial charge in [-0.2, -0.15) is 5.10 Å². The van der Waals surface area contributed by atoms with Gasteiger partial charge in [0.15, 0.2) is 11.4 Å². The van der Waals surface area contributed by atoms with Gasteiger partial charge in [0.2, 0.25) is 0 Å². The van der Waals surface area contributed by atoms with Crippen LogP contribution in [0.25, 0.3) is 33.3 Å². The molecule has 1 N–H and O–H groups in total. The fraction of sp³-hybridized carbons (Fsp3) is 0.192. The van der Waals surface area contributed by atoms with Gasteiger partial charge in [-0.15, -0.1) is 0 Å². The lowest BCUT2D eigenvalue weighted by Crippen LogP contribution is -2.07. The summed E-state index contributed by atoms with van der Waals surface area (Å²) in [5.74, 6) is 1.25. The molecule has 0 unspecified atom stereocenters. The molecule has 4 heterocycles. The van der Waals surface area contributed by atoms with Crippen LogP contribution in [0.1, 0.15) is 47.0 Å². The molecule has 7 nitrogen and oxygen atoms in total. The summed E-state index contributed by atoms with van der Waals surface area (Å²) in [4.78, 5) is 21.4. The number of Topliss-reactive ketones (excluding diaryl/α,β-unsaturated/α-hetero) is 1.